The number of hydrogen-bond acceptors (Lipinski definition) is 5. The van der Waals surface area contributed by atoms with E-state index in [1.54, 1.807) is 30.3 Å². The van der Waals surface area contributed by atoms with Crippen LogP contribution in [0.3, 0.4) is 0 Å². The standard InChI is InChI=1S/C27H35F2N3O4/c1-24(2)15-25(3,4)17-26(35,16-24)27(28,29)23(34)32-12-8-11-21(32)20-13-19(36-31-20)14-30-22(33)18-9-6-5-7-10-18/h5-7,9-10,13,21,35H,8,11-12,14-17H2,1-4H3,(H,30,33). The number of aliphatic hydroxyl groups is 1. The molecule has 1 saturated heterocycles. The fourth-order valence-corrected chi connectivity index (χ4v) is 6.41. The molecule has 2 N–H and O–H groups in total. The summed E-state index contributed by atoms with van der Waals surface area (Å²) in [7, 11) is 0. The summed E-state index contributed by atoms with van der Waals surface area (Å²) in [5.74, 6) is -5.24. The molecule has 1 aromatic carbocycles. The van der Waals surface area contributed by atoms with Crippen molar-refractivity contribution in [3.63, 3.8) is 0 Å². The first-order valence-electron chi connectivity index (χ1n) is 12.4. The van der Waals surface area contributed by atoms with E-state index in [2.05, 4.69) is 10.5 Å². The second-order valence-corrected chi connectivity index (χ2v) is 11.9. The molecule has 1 aromatic heterocycles. The molecule has 2 heterocycles. The summed E-state index contributed by atoms with van der Waals surface area (Å²) in [6, 6.07) is 9.60. The van der Waals surface area contributed by atoms with Gasteiger partial charge in [0.25, 0.3) is 11.8 Å². The Balaban J connectivity index is 1.48. The number of carbonyl (C=O) groups excluding carboxylic acids is 2. The van der Waals surface area contributed by atoms with Gasteiger partial charge in [0.1, 0.15) is 11.3 Å². The normalized spacial score (nSPS) is 22.9. The Morgan fingerprint density at radius 2 is 1.78 bits per heavy atom. The number of likely N-dealkylation sites (tertiary alicyclic amines) is 1. The third kappa shape index (κ3) is 5.16. The molecule has 0 radical (unpaired) electrons. The van der Waals surface area contributed by atoms with Gasteiger partial charge in [0.2, 0.25) is 0 Å². The summed E-state index contributed by atoms with van der Waals surface area (Å²) in [4.78, 5) is 26.6. The van der Waals surface area contributed by atoms with E-state index in [1.807, 2.05) is 33.8 Å². The van der Waals surface area contributed by atoms with Crippen molar-refractivity contribution in [1.82, 2.24) is 15.4 Å². The zero-order chi connectivity index (χ0) is 26.4. The molecule has 9 heteroatoms. The molecule has 0 spiro atoms. The highest BCUT2D eigenvalue weighted by atomic mass is 19.3. The molecule has 1 saturated carbocycles. The van der Waals surface area contributed by atoms with Gasteiger partial charge in [-0.3, -0.25) is 9.59 Å². The molecule has 2 fully saturated rings. The molecule has 0 bridgehead atoms. The van der Waals surface area contributed by atoms with Gasteiger partial charge in [-0.25, -0.2) is 0 Å². The topological polar surface area (TPSA) is 95.7 Å². The average Bonchev–Trinajstić information content (AvgIpc) is 3.44. The highest BCUT2D eigenvalue weighted by molar-refractivity contribution is 5.94. The van der Waals surface area contributed by atoms with Crippen LogP contribution in [-0.2, 0) is 11.3 Å². The van der Waals surface area contributed by atoms with Crippen molar-refractivity contribution in [2.24, 2.45) is 10.8 Å². The Morgan fingerprint density at radius 3 is 2.42 bits per heavy atom. The molecule has 2 aromatic rings. The van der Waals surface area contributed by atoms with Crippen LogP contribution in [-0.4, -0.2) is 45.0 Å². The van der Waals surface area contributed by atoms with E-state index < -0.39 is 34.3 Å². The van der Waals surface area contributed by atoms with Gasteiger partial charge in [-0.2, -0.15) is 8.78 Å². The van der Waals surface area contributed by atoms with Gasteiger partial charge in [0.15, 0.2) is 5.76 Å². The highest BCUT2D eigenvalue weighted by Crippen LogP contribution is 2.55. The Morgan fingerprint density at radius 1 is 1.14 bits per heavy atom. The van der Waals surface area contributed by atoms with Crippen LogP contribution >= 0.6 is 0 Å². The van der Waals surface area contributed by atoms with Crippen molar-refractivity contribution in [3.05, 3.63) is 53.4 Å². The number of benzene rings is 1. The van der Waals surface area contributed by atoms with Crippen molar-refractivity contribution >= 4 is 11.8 Å². The van der Waals surface area contributed by atoms with E-state index in [-0.39, 0.29) is 31.8 Å². The summed E-state index contributed by atoms with van der Waals surface area (Å²) >= 11 is 0. The molecule has 2 aliphatic rings. The fourth-order valence-electron chi connectivity index (χ4n) is 6.41. The molecule has 4 rings (SSSR count). The predicted molar refractivity (Wildman–Crippen MR) is 129 cm³/mol. The minimum absolute atomic E-state index is 0.0709. The lowest BCUT2D eigenvalue weighted by molar-refractivity contribution is -0.231. The molecule has 1 atom stereocenters. The van der Waals surface area contributed by atoms with E-state index in [4.69, 9.17) is 4.52 Å². The zero-order valence-electron chi connectivity index (χ0n) is 21.3. The zero-order valence-corrected chi connectivity index (χ0v) is 21.3. The van der Waals surface area contributed by atoms with Crippen LogP contribution in [0.4, 0.5) is 8.78 Å². The van der Waals surface area contributed by atoms with Crippen molar-refractivity contribution in [2.45, 2.75) is 83.9 Å². The van der Waals surface area contributed by atoms with Crippen LogP contribution in [0.15, 0.2) is 40.9 Å². The quantitative estimate of drug-likeness (QED) is 0.586. The van der Waals surface area contributed by atoms with E-state index in [9.17, 15) is 14.7 Å². The number of halogens is 2. The number of rotatable bonds is 6. The van der Waals surface area contributed by atoms with Gasteiger partial charge in [0.05, 0.1) is 12.6 Å². The Kier molecular flexibility index (Phi) is 6.75. The lowest BCUT2D eigenvalue weighted by Gasteiger charge is -2.51. The molecule has 2 amide bonds. The second-order valence-electron chi connectivity index (χ2n) is 11.9. The maximum absolute atomic E-state index is 15.8. The molecule has 1 unspecified atom stereocenters. The average molecular weight is 504 g/mol. The lowest BCUT2D eigenvalue weighted by Crippen LogP contribution is -2.62. The summed E-state index contributed by atoms with van der Waals surface area (Å²) in [6.45, 7) is 7.63. The smallest absolute Gasteiger partial charge is 0.352 e. The van der Waals surface area contributed by atoms with Crippen LogP contribution in [0.1, 0.15) is 87.7 Å². The molecule has 1 aliphatic heterocycles. The number of amides is 2. The van der Waals surface area contributed by atoms with Crippen LogP contribution in [0.25, 0.3) is 0 Å². The van der Waals surface area contributed by atoms with Gasteiger partial charge in [-0.1, -0.05) is 51.1 Å². The van der Waals surface area contributed by atoms with E-state index in [1.165, 1.54) is 0 Å². The first-order valence-corrected chi connectivity index (χ1v) is 12.4. The van der Waals surface area contributed by atoms with E-state index in [0.717, 1.165) is 4.90 Å². The third-order valence-corrected chi connectivity index (χ3v) is 7.24. The molecule has 1 aliphatic carbocycles. The maximum Gasteiger partial charge on any atom is 0.352 e. The monoisotopic (exact) mass is 503 g/mol. The maximum atomic E-state index is 15.8. The fraction of sp³-hybridized carbons (Fsp3) is 0.593. The van der Waals surface area contributed by atoms with E-state index in [0.29, 0.717) is 36.3 Å². The predicted octanol–water partition coefficient (Wildman–Crippen LogP) is 4.87. The first-order chi connectivity index (χ1) is 16.7. The van der Waals surface area contributed by atoms with Gasteiger partial charge in [-0.05, 0) is 55.1 Å². The number of hydrogen-bond donors (Lipinski definition) is 2. The number of carbonyl (C=O) groups is 2. The largest absolute Gasteiger partial charge is 0.383 e. The first kappa shape index (κ1) is 26.3. The Hall–Kier alpha value is -2.81. The van der Waals surface area contributed by atoms with Gasteiger partial charge in [-0.15, -0.1) is 0 Å². The number of nitrogens with one attached hydrogen (secondary N) is 1. The van der Waals surface area contributed by atoms with Crippen molar-refractivity contribution in [2.75, 3.05) is 6.54 Å². The lowest BCUT2D eigenvalue weighted by atomic mass is 9.58. The minimum Gasteiger partial charge on any atom is -0.383 e. The van der Waals surface area contributed by atoms with Crippen LogP contribution in [0, 0.1) is 10.8 Å². The summed E-state index contributed by atoms with van der Waals surface area (Å²) < 4.78 is 36.8. The third-order valence-electron chi connectivity index (χ3n) is 7.24. The van der Waals surface area contributed by atoms with Gasteiger partial charge >= 0.3 is 5.92 Å². The van der Waals surface area contributed by atoms with Gasteiger partial charge < -0.3 is 19.8 Å². The molecule has 36 heavy (non-hydrogen) atoms. The summed E-state index contributed by atoms with van der Waals surface area (Å²) in [5, 5.41) is 18.0. The van der Waals surface area contributed by atoms with Crippen LogP contribution in [0.5, 0.6) is 0 Å². The number of alkyl halides is 2. The van der Waals surface area contributed by atoms with Crippen molar-refractivity contribution in [1.29, 1.82) is 0 Å². The minimum atomic E-state index is -3.94. The summed E-state index contributed by atoms with van der Waals surface area (Å²) in [6.07, 6.45) is 1.36. The van der Waals surface area contributed by atoms with Crippen LogP contribution < -0.4 is 5.32 Å². The van der Waals surface area contributed by atoms with Crippen molar-refractivity contribution in [3.8, 4) is 0 Å². The van der Waals surface area contributed by atoms with Crippen LogP contribution in [0.2, 0.25) is 0 Å². The number of nitrogens with zero attached hydrogens (tertiary/aromatic N) is 2. The highest BCUT2D eigenvalue weighted by Gasteiger charge is 2.65. The van der Waals surface area contributed by atoms with E-state index >= 15 is 8.78 Å². The summed E-state index contributed by atoms with van der Waals surface area (Å²) in [5.41, 5.74) is -2.64. The molecular weight excluding hydrogens is 468 g/mol. The van der Waals surface area contributed by atoms with Gasteiger partial charge in [0, 0.05) is 18.2 Å². The Labute approximate surface area is 210 Å². The Bertz CT molecular complexity index is 1100. The molecule has 7 nitrogen and oxygen atoms in total. The number of aromatic nitrogens is 1. The second kappa shape index (κ2) is 9.25. The SMILES string of the molecule is CC1(C)CC(C)(C)CC(O)(C(F)(F)C(=O)N2CCCC2c2cc(CNC(=O)c3ccccc3)on2)C1. The van der Waals surface area contributed by atoms with Crippen molar-refractivity contribution < 1.29 is 28.0 Å². The molecular formula is C27H35F2N3O4. The molecule has 196 valence electrons.